The van der Waals surface area contributed by atoms with E-state index in [1.54, 1.807) is 29.2 Å². The summed E-state index contributed by atoms with van der Waals surface area (Å²) >= 11 is 0. The lowest BCUT2D eigenvalue weighted by atomic mass is 10.2. The lowest BCUT2D eigenvalue weighted by Gasteiger charge is -2.34. The van der Waals surface area contributed by atoms with Gasteiger partial charge in [-0.05, 0) is 62.4 Å². The normalized spacial score (nSPS) is 21.9. The summed E-state index contributed by atoms with van der Waals surface area (Å²) in [4.78, 5) is 26.1. The zero-order chi connectivity index (χ0) is 22.9. The molecule has 4 rings (SSSR count). The van der Waals surface area contributed by atoms with E-state index < -0.39 is 10.0 Å². The molecule has 0 radical (unpaired) electrons. The fourth-order valence-corrected chi connectivity index (χ4v) is 5.49. The molecule has 32 heavy (non-hydrogen) atoms. The first-order chi connectivity index (χ1) is 15.2. The number of ether oxygens (including phenoxy) is 1. The molecule has 2 unspecified atom stereocenters. The number of hydrogen-bond donors (Lipinski definition) is 2. The van der Waals surface area contributed by atoms with Crippen LogP contribution in [0.25, 0.3) is 0 Å². The van der Waals surface area contributed by atoms with E-state index in [0.29, 0.717) is 37.4 Å². The van der Waals surface area contributed by atoms with Crippen molar-refractivity contribution in [2.45, 2.75) is 31.0 Å². The number of hydrogen-bond acceptors (Lipinski definition) is 5. The van der Waals surface area contributed by atoms with E-state index in [0.717, 1.165) is 5.69 Å². The van der Waals surface area contributed by atoms with Crippen LogP contribution in [-0.2, 0) is 14.8 Å². The predicted molar refractivity (Wildman–Crippen MR) is 120 cm³/mol. The number of anilines is 2. The van der Waals surface area contributed by atoms with Crippen molar-refractivity contribution in [2.75, 3.05) is 36.4 Å². The minimum Gasteiger partial charge on any atom is -0.373 e. The second-order valence-electron chi connectivity index (χ2n) is 7.99. The Labute approximate surface area is 187 Å². The summed E-state index contributed by atoms with van der Waals surface area (Å²) in [6.45, 7) is 5.48. The molecule has 2 fully saturated rings. The summed E-state index contributed by atoms with van der Waals surface area (Å²) < 4.78 is 32.9. The predicted octanol–water partition coefficient (Wildman–Crippen LogP) is 2.27. The molecule has 0 spiro atoms. The van der Waals surface area contributed by atoms with Crippen LogP contribution in [-0.4, -0.2) is 63.0 Å². The fourth-order valence-electron chi connectivity index (χ4n) is 3.90. The van der Waals surface area contributed by atoms with Crippen LogP contribution >= 0.6 is 0 Å². The highest BCUT2D eigenvalue weighted by Gasteiger charge is 2.32. The molecule has 2 saturated heterocycles. The zero-order valence-corrected chi connectivity index (χ0v) is 18.8. The third-order valence-electron chi connectivity index (χ3n) is 5.43. The van der Waals surface area contributed by atoms with E-state index in [4.69, 9.17) is 4.74 Å². The second-order valence-corrected chi connectivity index (χ2v) is 9.93. The quantitative estimate of drug-likeness (QED) is 0.715. The fraction of sp³-hybridized carbons (Fsp3) is 0.364. The van der Waals surface area contributed by atoms with Crippen LogP contribution in [0.2, 0.25) is 0 Å². The van der Waals surface area contributed by atoms with Gasteiger partial charge in [0.25, 0.3) is 5.91 Å². The number of nitrogens with one attached hydrogen (secondary N) is 2. The molecule has 2 aromatic carbocycles. The van der Waals surface area contributed by atoms with Gasteiger partial charge in [0.15, 0.2) is 0 Å². The van der Waals surface area contributed by atoms with Gasteiger partial charge in [0.05, 0.1) is 17.1 Å². The molecular formula is C22H26N4O5S. The van der Waals surface area contributed by atoms with Gasteiger partial charge in [-0.2, -0.15) is 4.31 Å². The number of carbonyl (C=O) groups excluding carboxylic acids is 2. The van der Waals surface area contributed by atoms with E-state index in [2.05, 4.69) is 10.6 Å². The van der Waals surface area contributed by atoms with Crippen LogP contribution in [0.15, 0.2) is 53.4 Å². The van der Waals surface area contributed by atoms with Gasteiger partial charge in [-0.25, -0.2) is 13.2 Å². The van der Waals surface area contributed by atoms with E-state index >= 15 is 0 Å². The average Bonchev–Trinajstić information content (AvgIpc) is 3.19. The molecule has 0 aliphatic carbocycles. The number of benzene rings is 2. The highest BCUT2D eigenvalue weighted by Crippen LogP contribution is 2.23. The highest BCUT2D eigenvalue weighted by atomic mass is 32.2. The smallest absolute Gasteiger partial charge is 0.321 e. The van der Waals surface area contributed by atoms with E-state index in [1.165, 1.54) is 28.6 Å². The van der Waals surface area contributed by atoms with Gasteiger partial charge < -0.3 is 15.4 Å². The van der Waals surface area contributed by atoms with Gasteiger partial charge in [0.1, 0.15) is 0 Å². The lowest BCUT2D eigenvalue weighted by Crippen LogP contribution is -2.48. The number of urea groups is 1. The van der Waals surface area contributed by atoms with Crippen molar-refractivity contribution >= 4 is 33.3 Å². The average molecular weight is 459 g/mol. The van der Waals surface area contributed by atoms with Crippen LogP contribution in [0.3, 0.4) is 0 Å². The summed E-state index contributed by atoms with van der Waals surface area (Å²) in [6.07, 6.45) is -0.352. The molecule has 2 atom stereocenters. The van der Waals surface area contributed by atoms with Crippen molar-refractivity contribution in [1.82, 2.24) is 9.62 Å². The molecule has 170 valence electrons. The van der Waals surface area contributed by atoms with Crippen molar-refractivity contribution in [3.05, 3.63) is 54.1 Å². The molecule has 2 heterocycles. The first-order valence-electron chi connectivity index (χ1n) is 10.5. The van der Waals surface area contributed by atoms with Crippen LogP contribution < -0.4 is 15.5 Å². The molecule has 2 aromatic rings. The Bertz CT molecular complexity index is 1090. The first kappa shape index (κ1) is 22.3. The summed E-state index contributed by atoms with van der Waals surface area (Å²) in [7, 11) is -3.66. The number of sulfonamides is 1. The van der Waals surface area contributed by atoms with Gasteiger partial charge in [0, 0.05) is 43.1 Å². The van der Waals surface area contributed by atoms with Crippen molar-refractivity contribution in [2.24, 2.45) is 0 Å². The Morgan fingerprint density at radius 1 is 1.03 bits per heavy atom. The highest BCUT2D eigenvalue weighted by molar-refractivity contribution is 7.89. The maximum absolute atomic E-state index is 13.0. The number of nitrogens with zero attached hydrogens (tertiary/aromatic N) is 2. The van der Waals surface area contributed by atoms with E-state index in [1.807, 2.05) is 13.8 Å². The van der Waals surface area contributed by atoms with Gasteiger partial charge in [-0.1, -0.05) is 0 Å². The summed E-state index contributed by atoms with van der Waals surface area (Å²) in [5, 5.41) is 5.53. The molecule has 2 aliphatic heterocycles. The summed E-state index contributed by atoms with van der Waals surface area (Å²) in [6, 6.07) is 12.7. The Morgan fingerprint density at radius 2 is 1.66 bits per heavy atom. The minimum atomic E-state index is -3.66. The topological polar surface area (TPSA) is 108 Å². The van der Waals surface area contributed by atoms with Gasteiger partial charge in [-0.3, -0.25) is 9.69 Å². The first-order valence-corrected chi connectivity index (χ1v) is 11.9. The largest absolute Gasteiger partial charge is 0.373 e. The molecular weight excluding hydrogens is 432 g/mol. The number of morpholine rings is 1. The number of rotatable bonds is 5. The van der Waals surface area contributed by atoms with Crippen molar-refractivity contribution < 1.29 is 22.7 Å². The Balaban J connectivity index is 1.42. The van der Waals surface area contributed by atoms with E-state index in [9.17, 15) is 18.0 Å². The summed E-state index contributed by atoms with van der Waals surface area (Å²) in [5.74, 6) is -0.353. The van der Waals surface area contributed by atoms with Crippen molar-refractivity contribution in [3.63, 3.8) is 0 Å². The Morgan fingerprint density at radius 3 is 2.22 bits per heavy atom. The second kappa shape index (κ2) is 8.89. The van der Waals surface area contributed by atoms with Gasteiger partial charge >= 0.3 is 6.03 Å². The molecule has 10 heteroatoms. The van der Waals surface area contributed by atoms with Crippen molar-refractivity contribution in [3.8, 4) is 0 Å². The SMILES string of the molecule is CC1CN(S(=O)(=O)c2ccc(C(=O)Nc3ccc(N4CCNC4=O)cc3)cc2)CC(C)O1. The third-order valence-corrected chi connectivity index (χ3v) is 7.28. The Hall–Kier alpha value is -2.95. The van der Waals surface area contributed by atoms with Crippen LogP contribution in [0.1, 0.15) is 24.2 Å². The molecule has 2 aliphatic rings. The molecule has 0 aromatic heterocycles. The molecule has 2 N–H and O–H groups in total. The van der Waals surface area contributed by atoms with Crippen LogP contribution in [0, 0.1) is 0 Å². The van der Waals surface area contributed by atoms with Crippen LogP contribution in [0.5, 0.6) is 0 Å². The third kappa shape index (κ3) is 4.62. The van der Waals surface area contributed by atoms with Crippen LogP contribution in [0.4, 0.5) is 16.2 Å². The van der Waals surface area contributed by atoms with E-state index in [-0.39, 0.29) is 29.0 Å². The van der Waals surface area contributed by atoms with Crippen molar-refractivity contribution in [1.29, 1.82) is 0 Å². The lowest BCUT2D eigenvalue weighted by molar-refractivity contribution is -0.0440. The standard InChI is InChI=1S/C22H26N4O5S/c1-15-13-25(14-16(2)31-15)32(29,30)20-9-3-17(4-10-20)21(27)24-18-5-7-19(8-6-18)26-12-11-23-22(26)28/h3-10,15-16H,11-14H2,1-2H3,(H,23,28)(H,24,27). The zero-order valence-electron chi connectivity index (χ0n) is 17.9. The van der Waals surface area contributed by atoms with Gasteiger partial charge in [-0.15, -0.1) is 0 Å². The molecule has 0 saturated carbocycles. The molecule has 9 nitrogen and oxygen atoms in total. The molecule has 3 amide bonds. The number of carbonyl (C=O) groups is 2. The monoisotopic (exact) mass is 458 g/mol. The number of amides is 3. The summed E-state index contributed by atoms with van der Waals surface area (Å²) in [5.41, 5.74) is 1.67. The Kier molecular flexibility index (Phi) is 6.18. The maximum atomic E-state index is 13.0. The minimum absolute atomic E-state index is 0.141. The van der Waals surface area contributed by atoms with Gasteiger partial charge in [0.2, 0.25) is 10.0 Å². The molecule has 0 bridgehead atoms. The maximum Gasteiger partial charge on any atom is 0.321 e.